The fraction of sp³-hybridized carbons (Fsp3) is 0. The van der Waals surface area contributed by atoms with E-state index >= 15 is 0 Å². The van der Waals surface area contributed by atoms with Crippen LogP contribution in [0.4, 0.5) is 0 Å². The van der Waals surface area contributed by atoms with Gasteiger partial charge in [0.05, 0.1) is 0 Å². The Labute approximate surface area is 248 Å². The van der Waals surface area contributed by atoms with E-state index < -0.39 is 93.1 Å². The van der Waals surface area contributed by atoms with E-state index in [9.17, 15) is 0 Å². The van der Waals surface area contributed by atoms with Crippen molar-refractivity contribution in [3.05, 3.63) is 0 Å². The summed E-state index contributed by atoms with van der Waals surface area (Å²) in [6.45, 7) is 0. The summed E-state index contributed by atoms with van der Waals surface area (Å²) in [4.78, 5) is 0. The van der Waals surface area contributed by atoms with Gasteiger partial charge in [0, 0.05) is 0 Å². The van der Waals surface area contributed by atoms with Crippen molar-refractivity contribution in [2.45, 2.75) is 0 Å². The molecule has 0 atom stereocenters. The molecule has 24 heteroatoms. The van der Waals surface area contributed by atoms with Crippen LogP contribution in [0.3, 0.4) is 0 Å². The van der Waals surface area contributed by atoms with Crippen molar-refractivity contribution in [1.29, 1.82) is 0 Å². The van der Waals surface area contributed by atoms with Gasteiger partial charge in [0.1, 0.15) is 0 Å². The maximum absolute atomic E-state index is 8.58. The van der Waals surface area contributed by atoms with Crippen LogP contribution in [0.25, 0.3) is 0 Å². The molecule has 15 nitrogen and oxygen atoms in total. The summed E-state index contributed by atoms with van der Waals surface area (Å²) in [6, 6.07) is 0. The Hall–Kier alpha value is 5.78. The second-order valence-electron chi connectivity index (χ2n) is 1.25. The van der Waals surface area contributed by atoms with Crippen molar-refractivity contribution in [3.63, 3.8) is 0 Å². The standard InChI is InChI=1S/2Bi.15O.2Pb.5Ti/q2*+3;;;;;;10*-1;2*+2;;;;;. The van der Waals surface area contributed by atoms with Crippen molar-refractivity contribution in [3.8, 4) is 0 Å². The number of rotatable bonds is 0. The van der Waals surface area contributed by atoms with Gasteiger partial charge < -0.3 is 0 Å². The summed E-state index contributed by atoms with van der Waals surface area (Å²) in [5.74, 6) is 0. The molecule has 0 aromatic carbocycles. The second-order valence-corrected chi connectivity index (χ2v) is 5.15. The normalized spacial score (nSPS) is 5.42. The largest absolute Gasteiger partial charge is 2.00 e. The van der Waals surface area contributed by atoms with Crippen LogP contribution in [0, 0.1) is 0 Å². The Morgan fingerprint density at radius 3 is 0.333 bits per heavy atom. The van der Waals surface area contributed by atoms with E-state index in [-0.39, 0.29) is 107 Å². The molecule has 24 heavy (non-hydrogen) atoms. The zero-order valence-electron chi connectivity index (χ0n) is 10.5. The fourth-order valence-corrected chi connectivity index (χ4v) is 0. The third-order valence-corrected chi connectivity index (χ3v) is 0. The molecule has 0 saturated carbocycles. The van der Waals surface area contributed by atoms with Crippen molar-refractivity contribution < 1.29 is 147 Å². The molecule has 0 aliphatic heterocycles. The molecule has 0 saturated heterocycles. The van der Waals surface area contributed by atoms with Crippen LogP contribution in [0.1, 0.15) is 0 Å². The molecule has 0 unspecified atom stereocenters. The Bertz CT molecular complexity index is 221. The SMILES string of the molecule is [Bi+3].[Bi+3].[O]=[Ti]([O-])[O-].[O]=[Ti]([O-])[O-].[O]=[Ti]([O-])[O-].[O]=[Ti]([O-])[O-].[O]=[Ti]([O-])[O-].[Pb+2].[Pb+2]. The Morgan fingerprint density at radius 1 is 0.333 bits per heavy atom. The van der Waals surface area contributed by atoms with Gasteiger partial charge in [-0.25, -0.2) is 0 Å². The average molecular weight is 1310 g/mol. The predicted molar refractivity (Wildman–Crippen MR) is 26.4 cm³/mol. The molecule has 0 aliphatic carbocycles. The minimum Gasteiger partial charge on any atom is 2.00 e. The monoisotopic (exact) mass is 1310 g/mol. The van der Waals surface area contributed by atoms with Crippen LogP contribution in [-0.4, -0.2) is 107 Å². The molecule has 0 rings (SSSR count). The van der Waals surface area contributed by atoms with E-state index in [0.29, 0.717) is 0 Å². The molecular formula is Bi2O15Pb2Ti5. The number of hydrogen-bond donors (Lipinski definition) is 0. The first-order valence-corrected chi connectivity index (χ1v) is 12.6. The summed E-state index contributed by atoms with van der Waals surface area (Å²) < 4.78 is 129. The van der Waals surface area contributed by atoms with E-state index in [1.807, 2.05) is 0 Å². The van der Waals surface area contributed by atoms with Crippen molar-refractivity contribution in [1.82, 2.24) is 0 Å². The van der Waals surface area contributed by atoms with E-state index in [1.165, 1.54) is 0 Å². The van der Waals surface area contributed by atoms with Gasteiger partial charge in [-0.05, 0) is 0 Å². The zero-order valence-corrected chi connectivity index (χ0v) is 33.1. The summed E-state index contributed by atoms with van der Waals surface area (Å²) in [7, 11) is 0. The number of hydrogen-bond acceptors (Lipinski definition) is 15. The Morgan fingerprint density at radius 2 is 0.333 bits per heavy atom. The molecule has 0 spiro atoms. The first-order valence-electron chi connectivity index (χ1n) is 3.06. The van der Waals surface area contributed by atoms with E-state index in [2.05, 4.69) is 0 Å². The molecule has 0 aromatic rings. The van der Waals surface area contributed by atoms with E-state index in [1.54, 1.807) is 0 Å². The summed E-state index contributed by atoms with van der Waals surface area (Å²) in [5, 5.41) is 0. The molecule has 0 bridgehead atoms. The molecule has 0 N–H and O–H groups in total. The third kappa shape index (κ3) is 596. The molecule has 128 valence electrons. The van der Waals surface area contributed by atoms with Crippen molar-refractivity contribution in [2.24, 2.45) is 0 Å². The molecule has 8 radical (unpaired) electrons. The van der Waals surface area contributed by atoms with Gasteiger partial charge in [-0.15, -0.1) is 0 Å². The van der Waals surface area contributed by atoms with Crippen LogP contribution in [0.2, 0.25) is 0 Å². The summed E-state index contributed by atoms with van der Waals surface area (Å²) >= 11 is -20.4. The van der Waals surface area contributed by atoms with Gasteiger partial charge in [-0.3, -0.25) is 0 Å². The van der Waals surface area contributed by atoms with Crippen molar-refractivity contribution in [2.75, 3.05) is 0 Å². The van der Waals surface area contributed by atoms with Crippen molar-refractivity contribution >= 4 is 107 Å². The van der Waals surface area contributed by atoms with Gasteiger partial charge in [0.15, 0.2) is 0 Å². The maximum atomic E-state index is 8.58. The molecular weight excluding hydrogens is 1310 g/mol. The molecule has 0 fully saturated rings. The Balaban J connectivity index is -0.0000000161. The van der Waals surface area contributed by atoms with Crippen LogP contribution in [0.15, 0.2) is 0 Å². The van der Waals surface area contributed by atoms with Crippen LogP contribution in [-0.2, 0) is 110 Å². The molecule has 0 aromatic heterocycles. The predicted octanol–water partition coefficient (Wildman–Crippen LogP) is -14.0. The summed E-state index contributed by atoms with van der Waals surface area (Å²) in [6.07, 6.45) is 0. The van der Waals surface area contributed by atoms with Gasteiger partial charge in [-0.1, -0.05) is 0 Å². The molecule has 0 heterocycles. The van der Waals surface area contributed by atoms with Gasteiger partial charge in [0.2, 0.25) is 0 Å². The minimum atomic E-state index is -4.08. The van der Waals surface area contributed by atoms with Crippen LogP contribution >= 0.6 is 0 Å². The third-order valence-electron chi connectivity index (χ3n) is 0. The quantitative estimate of drug-likeness (QED) is 0.204. The van der Waals surface area contributed by atoms with E-state index in [0.717, 1.165) is 0 Å². The smallest absolute Gasteiger partial charge is 2.00 e. The van der Waals surface area contributed by atoms with Gasteiger partial charge in [-0.2, -0.15) is 0 Å². The molecule has 0 amide bonds. The van der Waals surface area contributed by atoms with Crippen LogP contribution < -0.4 is 36.9 Å². The van der Waals surface area contributed by atoms with E-state index in [4.69, 9.17) is 53.5 Å². The second kappa shape index (κ2) is 51.4. The van der Waals surface area contributed by atoms with Crippen LogP contribution in [0.5, 0.6) is 0 Å². The summed E-state index contributed by atoms with van der Waals surface area (Å²) in [5.41, 5.74) is 0. The average Bonchev–Trinajstić information content (AvgIpc) is 1.94. The fourth-order valence-electron chi connectivity index (χ4n) is 0. The van der Waals surface area contributed by atoms with Gasteiger partial charge in [0.25, 0.3) is 0 Å². The Kier molecular flexibility index (Phi) is 122. The van der Waals surface area contributed by atoms with Gasteiger partial charge >= 0.3 is 254 Å². The minimum absolute atomic E-state index is 0. The first kappa shape index (κ1) is 57.1. The molecule has 0 aliphatic rings. The topological polar surface area (TPSA) is 316 Å². The first-order chi connectivity index (χ1) is 8.66. The zero-order chi connectivity index (χ0) is 17.9. The maximum Gasteiger partial charge on any atom is 2.00 e.